The quantitative estimate of drug-likeness (QED) is 0.687. The highest BCUT2D eigenvalue weighted by Crippen LogP contribution is 2.25. The maximum Gasteiger partial charge on any atom is 0.244 e. The first kappa shape index (κ1) is 22.5. The monoisotopic (exact) mass is 442 g/mol. The Morgan fingerprint density at radius 3 is 2.32 bits per heavy atom. The van der Waals surface area contributed by atoms with Crippen LogP contribution in [0.2, 0.25) is 10.0 Å². The number of nitrogens with one attached hydrogen (secondary N) is 1. The Morgan fingerprint density at radius 1 is 1.11 bits per heavy atom. The van der Waals surface area contributed by atoms with E-state index in [9.17, 15) is 13.2 Å². The number of sulfonamides is 1. The summed E-state index contributed by atoms with van der Waals surface area (Å²) >= 11 is 12.0. The van der Waals surface area contributed by atoms with E-state index >= 15 is 0 Å². The molecule has 0 saturated carbocycles. The zero-order valence-electron chi connectivity index (χ0n) is 16.3. The van der Waals surface area contributed by atoms with Crippen molar-refractivity contribution < 1.29 is 13.2 Å². The Labute approximate surface area is 176 Å². The third-order valence-electron chi connectivity index (χ3n) is 4.54. The molecule has 0 aromatic heterocycles. The van der Waals surface area contributed by atoms with Gasteiger partial charge in [0.05, 0.1) is 11.9 Å². The summed E-state index contributed by atoms with van der Waals surface area (Å²) in [5, 5.41) is 3.73. The lowest BCUT2D eigenvalue weighted by Gasteiger charge is -2.30. The fraction of sp³-hybridized carbons (Fsp3) is 0.350. The molecule has 152 valence electrons. The average Bonchev–Trinajstić information content (AvgIpc) is 2.60. The van der Waals surface area contributed by atoms with Gasteiger partial charge in [0.1, 0.15) is 6.04 Å². The largest absolute Gasteiger partial charge is 0.350 e. The fourth-order valence-electron chi connectivity index (χ4n) is 2.89. The molecule has 2 aromatic carbocycles. The van der Waals surface area contributed by atoms with Gasteiger partial charge in [-0.25, -0.2) is 8.42 Å². The predicted molar refractivity (Wildman–Crippen MR) is 116 cm³/mol. The molecule has 0 aliphatic carbocycles. The van der Waals surface area contributed by atoms with Crippen LogP contribution in [0.15, 0.2) is 36.4 Å². The second kappa shape index (κ2) is 9.16. The highest BCUT2D eigenvalue weighted by molar-refractivity contribution is 7.92. The number of carbonyl (C=O) groups excluding carboxylic acids is 1. The van der Waals surface area contributed by atoms with Gasteiger partial charge in [-0.2, -0.15) is 0 Å². The SMILES string of the molecule is CC[C@@H](C(=O)NCc1ccc(Cl)cc1Cl)N(c1ccc(C)c(C)c1)S(C)(=O)=O. The van der Waals surface area contributed by atoms with Gasteiger partial charge in [-0.3, -0.25) is 9.10 Å². The maximum atomic E-state index is 12.9. The molecule has 0 heterocycles. The highest BCUT2D eigenvalue weighted by Gasteiger charge is 2.31. The molecule has 0 aliphatic heterocycles. The molecular weight excluding hydrogens is 419 g/mol. The first-order chi connectivity index (χ1) is 13.0. The van der Waals surface area contributed by atoms with Crippen LogP contribution in [0, 0.1) is 13.8 Å². The minimum absolute atomic E-state index is 0.176. The third kappa shape index (κ3) is 5.40. The predicted octanol–water partition coefficient (Wildman–Crippen LogP) is 4.47. The number of benzene rings is 2. The van der Waals surface area contributed by atoms with Crippen molar-refractivity contribution in [1.29, 1.82) is 0 Å². The lowest BCUT2D eigenvalue weighted by molar-refractivity contribution is -0.122. The van der Waals surface area contributed by atoms with Crippen LogP contribution < -0.4 is 9.62 Å². The Kier molecular flexibility index (Phi) is 7.37. The Bertz CT molecular complexity index is 977. The van der Waals surface area contributed by atoms with Gasteiger partial charge in [0.2, 0.25) is 15.9 Å². The molecule has 2 aromatic rings. The van der Waals surface area contributed by atoms with Gasteiger partial charge in [-0.05, 0) is 61.2 Å². The van der Waals surface area contributed by atoms with Gasteiger partial charge in [0.25, 0.3) is 0 Å². The number of carbonyl (C=O) groups is 1. The van der Waals surface area contributed by atoms with E-state index < -0.39 is 22.0 Å². The van der Waals surface area contributed by atoms with Gasteiger partial charge in [0, 0.05) is 16.6 Å². The van der Waals surface area contributed by atoms with Crippen LogP contribution >= 0.6 is 23.2 Å². The minimum atomic E-state index is -3.67. The molecule has 1 atom stereocenters. The Balaban J connectivity index is 2.29. The lowest BCUT2D eigenvalue weighted by atomic mass is 10.1. The van der Waals surface area contributed by atoms with Gasteiger partial charge < -0.3 is 5.32 Å². The molecule has 0 unspecified atom stereocenters. The summed E-state index contributed by atoms with van der Waals surface area (Å²) in [6.45, 7) is 5.81. The first-order valence-corrected chi connectivity index (χ1v) is 11.4. The number of aryl methyl sites for hydroxylation is 2. The molecule has 1 amide bonds. The van der Waals surface area contributed by atoms with E-state index in [1.807, 2.05) is 19.9 Å². The van der Waals surface area contributed by atoms with Gasteiger partial charge in [0.15, 0.2) is 0 Å². The molecule has 0 fully saturated rings. The van der Waals surface area contributed by atoms with Gasteiger partial charge in [-0.1, -0.05) is 42.3 Å². The standard InChI is InChI=1S/C20H24Cl2N2O3S/c1-5-19(20(25)23-12-15-7-8-16(21)11-18(15)22)24(28(4,26)27)17-9-6-13(2)14(3)10-17/h6-11,19H,5,12H2,1-4H3,(H,23,25)/t19-/m0/s1. The summed E-state index contributed by atoms with van der Waals surface area (Å²) in [6.07, 6.45) is 1.42. The van der Waals surface area contributed by atoms with Crippen LogP contribution in [0.5, 0.6) is 0 Å². The Morgan fingerprint density at radius 2 is 1.79 bits per heavy atom. The lowest BCUT2D eigenvalue weighted by Crippen LogP contribution is -2.49. The van der Waals surface area contributed by atoms with Crippen molar-refractivity contribution in [2.75, 3.05) is 10.6 Å². The fourth-order valence-corrected chi connectivity index (χ4v) is 4.57. The normalized spacial score (nSPS) is 12.5. The van der Waals surface area contributed by atoms with Crippen molar-refractivity contribution in [3.63, 3.8) is 0 Å². The molecule has 2 rings (SSSR count). The third-order valence-corrected chi connectivity index (χ3v) is 6.31. The van der Waals surface area contributed by atoms with Crippen LogP contribution in [0.1, 0.15) is 30.0 Å². The van der Waals surface area contributed by atoms with E-state index in [-0.39, 0.29) is 6.54 Å². The zero-order valence-corrected chi connectivity index (χ0v) is 18.6. The maximum absolute atomic E-state index is 12.9. The van der Waals surface area contributed by atoms with E-state index in [0.717, 1.165) is 17.4 Å². The van der Waals surface area contributed by atoms with Gasteiger partial charge in [-0.15, -0.1) is 0 Å². The first-order valence-electron chi connectivity index (χ1n) is 8.83. The molecule has 0 radical (unpaired) electrons. The summed E-state index contributed by atoms with van der Waals surface area (Å²) in [4.78, 5) is 12.9. The van der Waals surface area contributed by atoms with E-state index in [0.29, 0.717) is 27.7 Å². The molecule has 1 N–H and O–H groups in total. The second-order valence-electron chi connectivity index (χ2n) is 6.70. The highest BCUT2D eigenvalue weighted by atomic mass is 35.5. The van der Waals surface area contributed by atoms with E-state index in [1.54, 1.807) is 37.3 Å². The molecule has 0 aliphatic rings. The van der Waals surface area contributed by atoms with Crippen molar-refractivity contribution in [2.45, 2.75) is 39.8 Å². The molecule has 5 nitrogen and oxygen atoms in total. The van der Waals surface area contributed by atoms with Crippen molar-refractivity contribution >= 4 is 44.8 Å². The summed E-state index contributed by atoms with van der Waals surface area (Å²) in [6, 6.07) is 9.48. The topological polar surface area (TPSA) is 66.5 Å². The number of nitrogens with zero attached hydrogens (tertiary/aromatic N) is 1. The number of hydrogen-bond acceptors (Lipinski definition) is 3. The van der Waals surface area contributed by atoms with Crippen LogP contribution in [-0.4, -0.2) is 26.6 Å². The van der Waals surface area contributed by atoms with Crippen molar-refractivity contribution in [3.8, 4) is 0 Å². The van der Waals surface area contributed by atoms with Gasteiger partial charge >= 0.3 is 0 Å². The number of hydrogen-bond donors (Lipinski definition) is 1. The summed E-state index contributed by atoms with van der Waals surface area (Å²) in [7, 11) is -3.67. The number of anilines is 1. The molecular formula is C20H24Cl2N2O3S. The molecule has 0 spiro atoms. The van der Waals surface area contributed by atoms with E-state index in [4.69, 9.17) is 23.2 Å². The molecule has 0 saturated heterocycles. The van der Waals surface area contributed by atoms with Crippen LogP contribution in [0.4, 0.5) is 5.69 Å². The van der Waals surface area contributed by atoms with Crippen LogP contribution in [0.25, 0.3) is 0 Å². The number of rotatable bonds is 7. The molecule has 28 heavy (non-hydrogen) atoms. The van der Waals surface area contributed by atoms with Crippen LogP contribution in [0.3, 0.4) is 0 Å². The summed E-state index contributed by atoms with van der Waals surface area (Å²) < 4.78 is 26.2. The van der Waals surface area contributed by atoms with Crippen molar-refractivity contribution in [3.05, 3.63) is 63.1 Å². The van der Waals surface area contributed by atoms with Crippen molar-refractivity contribution in [2.24, 2.45) is 0 Å². The molecule has 8 heteroatoms. The van der Waals surface area contributed by atoms with E-state index in [2.05, 4.69) is 5.32 Å². The summed E-state index contributed by atoms with van der Waals surface area (Å²) in [5.41, 5.74) is 3.17. The van der Waals surface area contributed by atoms with E-state index in [1.165, 1.54) is 4.31 Å². The number of halogens is 2. The number of amides is 1. The summed E-state index contributed by atoms with van der Waals surface area (Å²) in [5.74, 6) is -0.392. The second-order valence-corrected chi connectivity index (χ2v) is 9.41. The Hall–Kier alpha value is -1.76. The smallest absolute Gasteiger partial charge is 0.244 e. The minimum Gasteiger partial charge on any atom is -0.350 e. The van der Waals surface area contributed by atoms with Crippen molar-refractivity contribution in [1.82, 2.24) is 5.32 Å². The zero-order chi connectivity index (χ0) is 21.1. The molecule has 0 bridgehead atoms. The van der Waals surface area contributed by atoms with Crippen LogP contribution in [-0.2, 0) is 21.4 Å². The average molecular weight is 443 g/mol.